The van der Waals surface area contributed by atoms with Gasteiger partial charge in [0.2, 0.25) is 0 Å². The number of hydrogen-bond donors (Lipinski definition) is 0. The molecule has 0 fully saturated rings. The maximum Gasteiger partial charge on any atom is 1.00 e. The Morgan fingerprint density at radius 1 is 1.09 bits per heavy atom. The van der Waals surface area contributed by atoms with Gasteiger partial charge in [-0.3, -0.25) is 4.79 Å². The van der Waals surface area contributed by atoms with Crippen LogP contribution in [0.5, 0.6) is 17.2 Å². The molecule has 1 heterocycles. The normalized spacial score (nSPS) is 14.3. The van der Waals surface area contributed by atoms with Crippen molar-refractivity contribution in [3.05, 3.63) is 87.2 Å². The third-order valence-corrected chi connectivity index (χ3v) is 6.33. The van der Waals surface area contributed by atoms with Crippen molar-refractivity contribution in [1.29, 1.82) is 0 Å². The number of fused-ring (bicyclic) bond motifs is 1. The van der Waals surface area contributed by atoms with Crippen LogP contribution in [-0.2, 0) is 11.2 Å². The van der Waals surface area contributed by atoms with E-state index in [1.165, 1.54) is 12.1 Å². The summed E-state index contributed by atoms with van der Waals surface area (Å²) in [5, 5.41) is 12.0. The van der Waals surface area contributed by atoms with Crippen LogP contribution in [0.3, 0.4) is 0 Å². The number of benzene rings is 3. The fraction of sp³-hybridized carbons (Fsp3) is 0.231. The molecule has 1 unspecified atom stereocenters. The Morgan fingerprint density at radius 2 is 1.83 bits per heavy atom. The number of ketones is 1. The molecule has 3 aromatic rings. The second kappa shape index (κ2) is 12.2. The molecule has 9 heteroatoms. The van der Waals surface area contributed by atoms with Gasteiger partial charge in [0.05, 0.1) is 11.6 Å². The molecular formula is C26H20Cl2FNaO5. The number of Topliss-reactive ketones (excluding diaryl/α,β-unsaturated/α-hetero) is 1. The Morgan fingerprint density at radius 3 is 2.51 bits per heavy atom. The average molecular weight is 525 g/mol. The van der Waals surface area contributed by atoms with E-state index in [2.05, 4.69) is 0 Å². The van der Waals surface area contributed by atoms with Crippen LogP contribution in [0, 0.1) is 5.82 Å². The van der Waals surface area contributed by atoms with Crippen molar-refractivity contribution >= 4 is 35.0 Å². The number of hydrogen-bond acceptors (Lipinski definition) is 5. The molecule has 0 saturated heterocycles. The maximum absolute atomic E-state index is 13.9. The summed E-state index contributed by atoms with van der Waals surface area (Å²) in [6.45, 7) is 0.257. The van der Waals surface area contributed by atoms with Crippen molar-refractivity contribution in [3.8, 4) is 17.2 Å². The van der Waals surface area contributed by atoms with Crippen molar-refractivity contribution in [1.82, 2.24) is 0 Å². The van der Waals surface area contributed by atoms with Gasteiger partial charge in [0.25, 0.3) is 0 Å². The van der Waals surface area contributed by atoms with Gasteiger partial charge in [-0.25, -0.2) is 4.39 Å². The van der Waals surface area contributed by atoms with Crippen molar-refractivity contribution in [2.75, 3.05) is 6.61 Å². The molecule has 0 amide bonds. The summed E-state index contributed by atoms with van der Waals surface area (Å²) in [5.41, 5.74) is 1.38. The summed E-state index contributed by atoms with van der Waals surface area (Å²) >= 11 is 12.3. The van der Waals surface area contributed by atoms with Crippen LogP contribution in [0.1, 0.15) is 46.7 Å². The van der Waals surface area contributed by atoms with Gasteiger partial charge in [-0.1, -0.05) is 29.3 Å². The van der Waals surface area contributed by atoms with Gasteiger partial charge in [-0.15, -0.1) is 0 Å². The van der Waals surface area contributed by atoms with E-state index < -0.39 is 11.9 Å². The second-order valence-corrected chi connectivity index (χ2v) is 8.75. The van der Waals surface area contributed by atoms with Crippen molar-refractivity contribution in [3.63, 3.8) is 0 Å². The Hall–Kier alpha value is -2.09. The molecule has 1 aliphatic heterocycles. The second-order valence-electron chi connectivity index (χ2n) is 7.93. The van der Waals surface area contributed by atoms with Gasteiger partial charge in [-0.05, 0) is 61.7 Å². The van der Waals surface area contributed by atoms with E-state index >= 15 is 0 Å². The van der Waals surface area contributed by atoms with Gasteiger partial charge in [0.1, 0.15) is 23.1 Å². The molecule has 1 aliphatic rings. The van der Waals surface area contributed by atoms with E-state index in [1.807, 2.05) is 0 Å². The number of rotatable bonds is 8. The zero-order valence-electron chi connectivity index (χ0n) is 19.0. The van der Waals surface area contributed by atoms with Crippen LogP contribution in [0.4, 0.5) is 4.39 Å². The topological polar surface area (TPSA) is 75.7 Å². The first kappa shape index (κ1) is 27.5. The van der Waals surface area contributed by atoms with Crippen molar-refractivity contribution in [2.24, 2.45) is 0 Å². The fourth-order valence-electron chi connectivity index (χ4n) is 3.89. The molecule has 35 heavy (non-hydrogen) atoms. The van der Waals surface area contributed by atoms with E-state index in [0.717, 1.165) is 0 Å². The van der Waals surface area contributed by atoms with Gasteiger partial charge in [-0.2, -0.15) is 0 Å². The summed E-state index contributed by atoms with van der Waals surface area (Å²) in [4.78, 5) is 23.9. The van der Waals surface area contributed by atoms with Crippen LogP contribution in [0.15, 0.2) is 54.6 Å². The first-order valence-electron chi connectivity index (χ1n) is 10.7. The number of carboxylic acid groups (broad SMARTS) is 1. The minimum Gasteiger partial charge on any atom is -0.549 e. The molecule has 0 aromatic heterocycles. The quantitative estimate of drug-likeness (QED) is 0.334. The SMILES string of the molecule is O=C(CCCc1c(F)cccc1Cl)c1ccc(Oc2cc3c(cc2Cl)C(C(=O)[O-])CCO3)cc1.[Na+]. The number of carbonyl (C=O) groups is 2. The standard InChI is InChI=1S/C26H21Cl2FO5.Na/c27-20-4-2-5-22(29)18(20)3-1-6-23(30)15-7-9-16(10-8-15)34-25-14-24-19(13-21(25)28)17(26(31)32)11-12-33-24;/h2,4-5,7-10,13-14,17H,1,3,6,11-12H2,(H,31,32);/q;+1/p-1. The molecule has 3 aromatic carbocycles. The molecular weight excluding hydrogens is 505 g/mol. The van der Waals surface area contributed by atoms with E-state index in [4.69, 9.17) is 32.7 Å². The molecule has 0 bridgehead atoms. The third kappa shape index (κ3) is 6.57. The van der Waals surface area contributed by atoms with E-state index in [9.17, 15) is 19.1 Å². The van der Waals surface area contributed by atoms with Crippen LogP contribution in [-0.4, -0.2) is 18.4 Å². The first-order chi connectivity index (χ1) is 16.3. The summed E-state index contributed by atoms with van der Waals surface area (Å²) in [5.74, 6) is -1.26. The van der Waals surface area contributed by atoms with Gasteiger partial charge < -0.3 is 19.4 Å². The van der Waals surface area contributed by atoms with Gasteiger partial charge in [0.15, 0.2) is 5.78 Å². The number of halogens is 3. The zero-order chi connectivity index (χ0) is 24.2. The van der Waals surface area contributed by atoms with Gasteiger partial charge in [0, 0.05) is 46.1 Å². The monoisotopic (exact) mass is 524 g/mol. The minimum absolute atomic E-state index is 0. The molecule has 176 valence electrons. The Kier molecular flexibility index (Phi) is 9.62. The Bertz CT molecular complexity index is 1210. The van der Waals surface area contributed by atoms with Crippen LogP contribution >= 0.6 is 23.2 Å². The summed E-state index contributed by atoms with van der Waals surface area (Å²) < 4.78 is 25.3. The molecule has 1 atom stereocenters. The number of carboxylic acids is 1. The van der Waals surface area contributed by atoms with E-state index in [1.54, 1.807) is 42.5 Å². The predicted octanol–water partition coefficient (Wildman–Crippen LogP) is 2.75. The molecule has 5 nitrogen and oxygen atoms in total. The van der Waals surface area contributed by atoms with Crippen molar-refractivity contribution < 1.29 is 58.1 Å². The zero-order valence-corrected chi connectivity index (χ0v) is 22.5. The van der Waals surface area contributed by atoms with Gasteiger partial charge >= 0.3 is 29.6 Å². The Labute approximate surface area is 234 Å². The fourth-order valence-corrected chi connectivity index (χ4v) is 4.36. The summed E-state index contributed by atoms with van der Waals surface area (Å²) in [6, 6.07) is 14.2. The minimum atomic E-state index is -1.17. The number of aliphatic carboxylic acids is 1. The van der Waals surface area contributed by atoms with Crippen LogP contribution in [0.25, 0.3) is 0 Å². The number of ether oxygens (including phenoxy) is 2. The summed E-state index contributed by atoms with van der Waals surface area (Å²) in [7, 11) is 0. The average Bonchev–Trinajstić information content (AvgIpc) is 2.81. The van der Waals surface area contributed by atoms with Crippen molar-refractivity contribution in [2.45, 2.75) is 31.6 Å². The maximum atomic E-state index is 13.9. The molecule has 4 rings (SSSR count). The molecule has 0 spiro atoms. The third-order valence-electron chi connectivity index (χ3n) is 5.68. The molecule has 0 radical (unpaired) electrons. The molecule has 0 N–H and O–H groups in total. The van der Waals surface area contributed by atoms with E-state index in [-0.39, 0.29) is 59.2 Å². The smallest absolute Gasteiger partial charge is 0.549 e. The van der Waals surface area contributed by atoms with E-state index in [0.29, 0.717) is 58.2 Å². The van der Waals surface area contributed by atoms with Crippen LogP contribution in [0.2, 0.25) is 10.0 Å². The predicted molar refractivity (Wildman–Crippen MR) is 125 cm³/mol. The molecule has 0 aliphatic carbocycles. The van der Waals surface area contributed by atoms with Crippen LogP contribution < -0.4 is 44.1 Å². The largest absolute Gasteiger partial charge is 1.00 e. The summed E-state index contributed by atoms with van der Waals surface area (Å²) in [6.07, 6.45) is 1.40. The molecule has 0 saturated carbocycles. The number of carbonyl (C=O) groups excluding carboxylic acids is 2. The first-order valence-corrected chi connectivity index (χ1v) is 11.5. The Balaban J connectivity index is 0.00000342.